The molecule has 1 rings (SSSR count). The molecule has 14 heavy (non-hydrogen) atoms. The Morgan fingerprint density at radius 2 is 1.86 bits per heavy atom. The Labute approximate surface area is 77.8 Å². The number of hydrogen-bond donors (Lipinski definition) is 2. The average molecular weight is 205 g/mol. The predicted molar refractivity (Wildman–Crippen MR) is 43.3 cm³/mol. The summed E-state index contributed by atoms with van der Waals surface area (Å²) in [5, 5.41) is 5.18. The molecule has 0 saturated heterocycles. The molecule has 0 spiro atoms. The number of alkyl halides is 3. The molecule has 0 aliphatic heterocycles. The lowest BCUT2D eigenvalue weighted by atomic mass is 10.2. The van der Waals surface area contributed by atoms with E-state index in [1.165, 1.54) is 18.2 Å². The normalized spacial score (nSPS) is 11.1. The Bertz CT molecular complexity index is 349. The third kappa shape index (κ3) is 2.65. The molecule has 0 aromatic heterocycles. The molecule has 0 heterocycles. The summed E-state index contributed by atoms with van der Waals surface area (Å²) in [7, 11) is 0. The van der Waals surface area contributed by atoms with Gasteiger partial charge in [0, 0.05) is 0 Å². The van der Waals surface area contributed by atoms with Gasteiger partial charge in [0.1, 0.15) is 11.3 Å². The van der Waals surface area contributed by atoms with Crippen LogP contribution in [0.2, 0.25) is 0 Å². The fraction of sp³-hybridized carbons (Fsp3) is 0.125. The molecular weight excluding hydrogens is 197 g/mol. The molecule has 0 aliphatic carbocycles. The van der Waals surface area contributed by atoms with E-state index < -0.39 is 12.1 Å². The van der Waals surface area contributed by atoms with Gasteiger partial charge < -0.3 is 4.74 Å². The Morgan fingerprint density at radius 1 is 1.29 bits per heavy atom. The average Bonchev–Trinajstić information content (AvgIpc) is 2.01. The van der Waals surface area contributed by atoms with Crippen LogP contribution in [0.3, 0.4) is 0 Å². The van der Waals surface area contributed by atoms with Crippen LogP contribution in [0.1, 0.15) is 5.56 Å². The Balaban J connectivity index is 3.02. The van der Waals surface area contributed by atoms with E-state index in [1.807, 2.05) is 0 Å². The lowest BCUT2D eigenvalue weighted by molar-refractivity contribution is -0.274. The first kappa shape index (κ1) is 10.4. The van der Waals surface area contributed by atoms with Crippen LogP contribution in [-0.4, -0.2) is 12.2 Å². The minimum atomic E-state index is -4.74. The largest absolute Gasteiger partial charge is 0.573 e. The molecule has 0 amide bonds. The number of ether oxygens (including phenoxy) is 1. The number of benzene rings is 1. The van der Waals surface area contributed by atoms with E-state index in [1.54, 1.807) is 0 Å². The molecule has 6 heteroatoms. The first-order valence-electron chi connectivity index (χ1n) is 3.63. The van der Waals surface area contributed by atoms with Gasteiger partial charge in [-0.3, -0.25) is 11.1 Å². The van der Waals surface area contributed by atoms with Crippen LogP contribution in [0, 0.1) is 0 Å². The third-order valence-electron chi connectivity index (χ3n) is 1.42. The molecule has 4 N–H and O–H groups in total. The van der Waals surface area contributed by atoms with E-state index in [4.69, 9.17) is 11.1 Å². The first-order valence-corrected chi connectivity index (χ1v) is 3.63. The van der Waals surface area contributed by atoms with Crippen molar-refractivity contribution in [2.45, 2.75) is 6.36 Å². The number of amidine groups is 1. The number of para-hydroxylation sites is 1. The maximum absolute atomic E-state index is 11.9. The zero-order chi connectivity index (χ0) is 10.8. The maximum atomic E-state index is 11.9. The summed E-state index contributed by atoms with van der Waals surface area (Å²) in [6.07, 6.45) is -4.74. The van der Waals surface area contributed by atoms with Crippen molar-refractivity contribution in [1.82, 2.24) is 0 Å². The van der Waals surface area contributed by atoms with Crippen molar-refractivity contribution in [3.8, 4) is 5.75 Å². The summed E-state index contributed by atoms with van der Waals surface area (Å²) < 4.78 is 39.3. The van der Waals surface area contributed by atoms with Gasteiger partial charge in [0.15, 0.2) is 0 Å². The lowest BCUT2D eigenvalue weighted by Gasteiger charge is -2.10. The van der Waals surface area contributed by atoms with Gasteiger partial charge in [0.25, 0.3) is 5.84 Å². The summed E-state index contributed by atoms with van der Waals surface area (Å²) in [5.74, 6) is -0.621. The highest BCUT2D eigenvalue weighted by Gasteiger charge is 2.32. The van der Waals surface area contributed by atoms with E-state index in [-0.39, 0.29) is 11.4 Å². The summed E-state index contributed by atoms with van der Waals surface area (Å²) in [6, 6.07) is 5.39. The van der Waals surface area contributed by atoms with Crippen molar-refractivity contribution in [2.24, 2.45) is 5.73 Å². The molecule has 0 radical (unpaired) electrons. The monoisotopic (exact) mass is 205 g/mol. The van der Waals surface area contributed by atoms with Crippen LogP contribution < -0.4 is 15.9 Å². The van der Waals surface area contributed by atoms with Gasteiger partial charge in [-0.05, 0) is 12.1 Å². The summed E-state index contributed by atoms with van der Waals surface area (Å²) in [5.41, 5.74) is 5.21. The maximum Gasteiger partial charge on any atom is 0.573 e. The molecule has 0 aliphatic rings. The number of rotatable bonds is 2. The van der Waals surface area contributed by atoms with Gasteiger partial charge in [-0.15, -0.1) is 13.2 Å². The van der Waals surface area contributed by atoms with Gasteiger partial charge >= 0.3 is 6.36 Å². The van der Waals surface area contributed by atoms with E-state index in [2.05, 4.69) is 4.74 Å². The van der Waals surface area contributed by atoms with Crippen LogP contribution in [-0.2, 0) is 0 Å². The Hall–Kier alpha value is -1.72. The quantitative estimate of drug-likeness (QED) is 0.529. The standard InChI is InChI=1S/C8H7F3N2O/c9-8(10,11)14-6-4-2-1-3-5(6)7(12)13/h1-4H,(H3,12,13)/p+1. The van der Waals surface area contributed by atoms with Crippen LogP contribution in [0.4, 0.5) is 13.2 Å². The highest BCUT2D eigenvalue weighted by molar-refractivity contribution is 5.95. The highest BCUT2D eigenvalue weighted by Crippen LogP contribution is 2.25. The minimum absolute atomic E-state index is 0.0322. The van der Waals surface area contributed by atoms with Crippen LogP contribution >= 0.6 is 0 Å². The molecule has 0 unspecified atom stereocenters. The second-order valence-corrected chi connectivity index (χ2v) is 2.50. The van der Waals surface area contributed by atoms with Crippen molar-refractivity contribution < 1.29 is 23.3 Å². The number of nitrogens with two attached hydrogens (primary N) is 2. The fourth-order valence-electron chi connectivity index (χ4n) is 0.919. The van der Waals surface area contributed by atoms with Crippen molar-refractivity contribution >= 4 is 5.84 Å². The molecule has 0 saturated carbocycles. The Kier molecular flexibility index (Phi) is 2.64. The van der Waals surface area contributed by atoms with Gasteiger partial charge in [0.2, 0.25) is 0 Å². The molecule has 1 aromatic carbocycles. The topological polar surface area (TPSA) is 60.8 Å². The smallest absolute Gasteiger partial charge is 0.405 e. The van der Waals surface area contributed by atoms with E-state index >= 15 is 0 Å². The van der Waals surface area contributed by atoms with Crippen molar-refractivity contribution in [3.05, 3.63) is 29.8 Å². The fourth-order valence-corrected chi connectivity index (χ4v) is 0.919. The number of hydrogen-bond acceptors (Lipinski definition) is 1. The second-order valence-electron chi connectivity index (χ2n) is 2.50. The van der Waals surface area contributed by atoms with E-state index in [0.29, 0.717) is 0 Å². The van der Waals surface area contributed by atoms with Gasteiger partial charge in [-0.1, -0.05) is 12.1 Å². The van der Waals surface area contributed by atoms with Gasteiger partial charge in [-0.25, -0.2) is 0 Å². The molecular formula is C8H8F3N2O+. The zero-order valence-corrected chi connectivity index (χ0v) is 7.01. The molecule has 0 fully saturated rings. The predicted octanol–water partition coefficient (Wildman–Crippen LogP) is 0.0496. The summed E-state index contributed by atoms with van der Waals surface area (Å²) in [6.45, 7) is 0. The minimum Gasteiger partial charge on any atom is -0.405 e. The summed E-state index contributed by atoms with van der Waals surface area (Å²) >= 11 is 0. The third-order valence-corrected chi connectivity index (χ3v) is 1.42. The van der Waals surface area contributed by atoms with Gasteiger partial charge in [0.05, 0.1) is 0 Å². The van der Waals surface area contributed by atoms with Crippen molar-refractivity contribution in [1.29, 1.82) is 0 Å². The van der Waals surface area contributed by atoms with Crippen molar-refractivity contribution in [2.75, 3.05) is 0 Å². The molecule has 3 nitrogen and oxygen atoms in total. The SMILES string of the molecule is NC(=[NH2+])c1ccccc1OC(F)(F)F. The lowest BCUT2D eigenvalue weighted by Crippen LogP contribution is -2.46. The summed E-state index contributed by atoms with van der Waals surface area (Å²) in [4.78, 5) is 0. The molecule has 0 bridgehead atoms. The molecule has 1 aromatic rings. The van der Waals surface area contributed by atoms with E-state index in [0.717, 1.165) is 6.07 Å². The first-order chi connectivity index (χ1) is 6.40. The van der Waals surface area contributed by atoms with Crippen molar-refractivity contribution in [3.63, 3.8) is 0 Å². The van der Waals surface area contributed by atoms with E-state index in [9.17, 15) is 13.2 Å². The number of halogens is 3. The highest BCUT2D eigenvalue weighted by atomic mass is 19.4. The van der Waals surface area contributed by atoms with Crippen LogP contribution in [0.5, 0.6) is 5.75 Å². The second kappa shape index (κ2) is 3.57. The van der Waals surface area contributed by atoms with Crippen LogP contribution in [0.15, 0.2) is 24.3 Å². The van der Waals surface area contributed by atoms with Gasteiger partial charge in [-0.2, -0.15) is 0 Å². The Morgan fingerprint density at radius 3 is 2.36 bits per heavy atom. The zero-order valence-electron chi connectivity index (χ0n) is 7.01. The van der Waals surface area contributed by atoms with Crippen LogP contribution in [0.25, 0.3) is 0 Å². The molecule has 76 valence electrons. The molecule has 0 atom stereocenters.